The quantitative estimate of drug-likeness (QED) is 0.142. The Balaban J connectivity index is 0.00000408. The van der Waals surface area contributed by atoms with Crippen molar-refractivity contribution in [3.63, 3.8) is 0 Å². The zero-order valence-electron chi connectivity index (χ0n) is 19.5. The number of phenolic OH excluding ortho intramolecular Hbond substituents is 1. The highest BCUT2D eigenvalue weighted by molar-refractivity contribution is 7.99. The molecular weight excluding hydrogens is 510 g/mol. The van der Waals surface area contributed by atoms with E-state index in [0.29, 0.717) is 5.75 Å². The Morgan fingerprint density at radius 2 is 1.56 bits per heavy atom. The van der Waals surface area contributed by atoms with Crippen LogP contribution in [0.4, 0.5) is 0 Å². The summed E-state index contributed by atoms with van der Waals surface area (Å²) in [6.07, 6.45) is 19.9. The predicted molar refractivity (Wildman–Crippen MR) is 136 cm³/mol. The van der Waals surface area contributed by atoms with Crippen LogP contribution >= 0.6 is 11.8 Å². The molecule has 0 atom stereocenters. The lowest BCUT2D eigenvalue weighted by molar-refractivity contribution is -0.697. The summed E-state index contributed by atoms with van der Waals surface area (Å²) in [7, 11) is 0. The first kappa shape index (κ1) is 27.9. The van der Waals surface area contributed by atoms with Crippen LogP contribution in [-0.2, 0) is 6.54 Å². The van der Waals surface area contributed by atoms with Gasteiger partial charge in [-0.2, -0.15) is 0 Å². The van der Waals surface area contributed by atoms with E-state index >= 15 is 0 Å². The van der Waals surface area contributed by atoms with E-state index in [1.54, 1.807) is 24.0 Å². The number of aryl methyl sites for hydroxylation is 1. The van der Waals surface area contributed by atoms with Crippen molar-refractivity contribution < 1.29 is 26.7 Å². The summed E-state index contributed by atoms with van der Waals surface area (Å²) in [5.41, 5.74) is 1.87. The molecule has 2 aromatic heterocycles. The Morgan fingerprint density at radius 1 is 0.882 bits per heavy atom. The van der Waals surface area contributed by atoms with Crippen LogP contribution in [0.25, 0.3) is 12.2 Å². The van der Waals surface area contributed by atoms with Crippen molar-refractivity contribution in [2.45, 2.75) is 63.1 Å². The monoisotopic (exact) mass is 543 g/mol. The third-order valence-corrected chi connectivity index (χ3v) is 6.48. The van der Waals surface area contributed by atoms with Gasteiger partial charge in [-0.1, -0.05) is 74.2 Å². The molecule has 7 heteroatoms. The van der Waals surface area contributed by atoms with Crippen molar-refractivity contribution in [1.29, 1.82) is 0 Å². The van der Waals surface area contributed by atoms with Gasteiger partial charge in [0.15, 0.2) is 17.6 Å². The van der Waals surface area contributed by atoms with Crippen molar-refractivity contribution in [1.82, 2.24) is 9.97 Å². The van der Waals surface area contributed by atoms with Crippen molar-refractivity contribution in [3.8, 4) is 5.75 Å². The van der Waals surface area contributed by atoms with Gasteiger partial charge in [-0.05, 0) is 24.5 Å². The zero-order chi connectivity index (χ0) is 23.1. The number of hydrogen-bond acceptors (Lipinski definition) is 4. The maximum absolute atomic E-state index is 11.2. The van der Waals surface area contributed by atoms with E-state index in [1.165, 1.54) is 51.0 Å². The molecule has 1 aromatic carbocycles. The fraction of sp³-hybridized carbons (Fsp3) is 0.370. The van der Waals surface area contributed by atoms with Crippen molar-refractivity contribution >= 4 is 23.9 Å². The summed E-state index contributed by atoms with van der Waals surface area (Å²) >= 11 is 1.63. The molecule has 182 valence electrons. The molecule has 0 bridgehead atoms. The van der Waals surface area contributed by atoms with E-state index < -0.39 is 0 Å². The summed E-state index contributed by atoms with van der Waals surface area (Å²) in [6.45, 7) is 1.05. The number of unbranched alkanes of at least 4 members (excludes halogenated alkanes) is 7. The number of H-pyrrole nitrogens is 1. The van der Waals surface area contributed by atoms with Crippen LogP contribution in [-0.4, -0.2) is 20.8 Å². The molecule has 34 heavy (non-hydrogen) atoms. The van der Waals surface area contributed by atoms with Gasteiger partial charge in [-0.25, -0.2) is 9.55 Å². The van der Waals surface area contributed by atoms with Crippen LogP contribution < -0.4 is 27.1 Å². The number of pyridine rings is 1. The summed E-state index contributed by atoms with van der Waals surface area (Å²) in [6, 6.07) is 13.0. The number of phenols is 1. The van der Waals surface area contributed by atoms with Crippen molar-refractivity contribution in [3.05, 3.63) is 82.5 Å². The summed E-state index contributed by atoms with van der Waals surface area (Å²) in [4.78, 5) is 18.1. The second-order valence-corrected chi connectivity index (χ2v) is 9.26. The molecule has 0 radical (unpaired) electrons. The molecule has 0 aliphatic rings. The minimum atomic E-state index is -0.0826. The zero-order valence-corrected chi connectivity index (χ0v) is 21.9. The van der Waals surface area contributed by atoms with Gasteiger partial charge in [0.25, 0.3) is 5.56 Å². The van der Waals surface area contributed by atoms with Gasteiger partial charge < -0.3 is 27.1 Å². The Bertz CT molecular complexity index is 1050. The molecule has 0 saturated carbocycles. The van der Waals surface area contributed by atoms with E-state index in [1.807, 2.05) is 30.4 Å². The molecule has 2 heterocycles. The van der Waals surface area contributed by atoms with E-state index in [0.717, 1.165) is 35.0 Å². The standard InChI is InChI=1S/C27H33N3O2S.BrH/c31-25-12-8-7-11-24(25)14-13-23-16-20-30(21-17-23)19-9-5-3-1-2-4-6-10-22-33-27-28-18-15-26(32)29-27;/h7-8,11-18,20-21H,1-6,9-10,19,22H2,(H,28,29,32);1H. The second-order valence-electron chi connectivity index (χ2n) is 8.18. The summed E-state index contributed by atoms with van der Waals surface area (Å²) in [5.74, 6) is 1.31. The molecular formula is C27H34BrN3O2S. The smallest absolute Gasteiger partial charge is 0.251 e. The van der Waals surface area contributed by atoms with Crippen LogP contribution in [0.2, 0.25) is 0 Å². The van der Waals surface area contributed by atoms with E-state index in [2.05, 4.69) is 39.1 Å². The van der Waals surface area contributed by atoms with Gasteiger partial charge in [0.1, 0.15) is 12.3 Å². The highest BCUT2D eigenvalue weighted by atomic mass is 79.9. The van der Waals surface area contributed by atoms with Gasteiger partial charge in [0.05, 0.1) is 0 Å². The molecule has 0 aliphatic heterocycles. The molecule has 5 nitrogen and oxygen atoms in total. The van der Waals surface area contributed by atoms with E-state index in [9.17, 15) is 9.90 Å². The van der Waals surface area contributed by atoms with Crippen molar-refractivity contribution in [2.75, 3.05) is 5.75 Å². The van der Waals surface area contributed by atoms with Crippen LogP contribution in [0, 0.1) is 0 Å². The lowest BCUT2D eigenvalue weighted by atomic mass is 10.1. The normalized spacial score (nSPS) is 10.9. The van der Waals surface area contributed by atoms with Gasteiger partial charge in [-0.3, -0.25) is 4.79 Å². The number of hydrogen-bond donors (Lipinski definition) is 2. The molecule has 0 unspecified atom stereocenters. The minimum absolute atomic E-state index is 0. The number of aromatic amines is 1. The average molecular weight is 545 g/mol. The molecule has 0 aliphatic carbocycles. The largest absolute Gasteiger partial charge is 1.00 e. The number of thioether (sulfide) groups is 1. The molecule has 0 amide bonds. The SMILES string of the molecule is O=c1ccnc(SCCCCCCCCCC[n+]2ccc(/C=C/c3ccccc3O)cc2)[nH]1.[Br-]. The first-order valence-corrected chi connectivity index (χ1v) is 12.8. The van der Waals surface area contributed by atoms with Crippen LogP contribution in [0.3, 0.4) is 0 Å². The lowest BCUT2D eigenvalue weighted by Gasteiger charge is -2.02. The van der Waals surface area contributed by atoms with Gasteiger partial charge in [0, 0.05) is 42.1 Å². The number of nitrogens with one attached hydrogen (secondary N) is 1. The third-order valence-electron chi connectivity index (χ3n) is 5.51. The van der Waals surface area contributed by atoms with E-state index in [-0.39, 0.29) is 22.5 Å². The highest BCUT2D eigenvalue weighted by Crippen LogP contribution is 2.18. The Morgan fingerprint density at radius 3 is 2.26 bits per heavy atom. The molecule has 3 aromatic rings. The van der Waals surface area contributed by atoms with Crippen molar-refractivity contribution in [2.24, 2.45) is 0 Å². The van der Waals surface area contributed by atoms with E-state index in [4.69, 9.17) is 0 Å². The predicted octanol–water partition coefficient (Wildman–Crippen LogP) is 2.85. The first-order valence-electron chi connectivity index (χ1n) is 11.8. The highest BCUT2D eigenvalue weighted by Gasteiger charge is 2.01. The number of aromatic nitrogens is 3. The second kappa shape index (κ2) is 16.3. The van der Waals surface area contributed by atoms with Gasteiger partial charge in [0.2, 0.25) is 0 Å². The first-order chi connectivity index (χ1) is 16.2. The molecule has 0 spiro atoms. The number of rotatable bonds is 14. The Hall–Kier alpha value is -2.38. The number of benzene rings is 1. The lowest BCUT2D eigenvalue weighted by Crippen LogP contribution is -3.00. The number of para-hydroxylation sites is 1. The van der Waals surface area contributed by atoms with Crippen LogP contribution in [0.5, 0.6) is 5.75 Å². The molecule has 0 saturated heterocycles. The summed E-state index contributed by atoms with van der Waals surface area (Å²) in [5, 5.41) is 10.6. The maximum Gasteiger partial charge on any atom is 0.251 e. The van der Waals surface area contributed by atoms with Gasteiger partial charge in [-0.15, -0.1) is 0 Å². The number of halogens is 1. The maximum atomic E-state index is 11.2. The average Bonchev–Trinajstić information content (AvgIpc) is 2.83. The number of aromatic hydroxyl groups is 1. The van der Waals surface area contributed by atoms with Crippen LogP contribution in [0.1, 0.15) is 62.5 Å². The summed E-state index contributed by atoms with van der Waals surface area (Å²) < 4.78 is 2.24. The third kappa shape index (κ3) is 10.7. The van der Waals surface area contributed by atoms with Gasteiger partial charge >= 0.3 is 0 Å². The molecule has 0 fully saturated rings. The fourth-order valence-electron chi connectivity index (χ4n) is 3.59. The fourth-order valence-corrected chi connectivity index (χ4v) is 4.44. The minimum Gasteiger partial charge on any atom is -1.00 e. The number of nitrogens with zero attached hydrogens (tertiary/aromatic N) is 2. The Labute approximate surface area is 217 Å². The Kier molecular flexibility index (Phi) is 13.3. The molecule has 2 N–H and O–H groups in total. The van der Waals surface area contributed by atoms with Crippen LogP contribution in [0.15, 0.2) is 71.0 Å². The molecule has 3 rings (SSSR count). The topological polar surface area (TPSA) is 69.9 Å².